The molecular formula is C16H20N2O2. The van der Waals surface area contributed by atoms with E-state index < -0.39 is 0 Å². The minimum Gasteiger partial charge on any atom is -0.493 e. The average molecular weight is 272 g/mol. The monoisotopic (exact) mass is 272 g/mol. The van der Waals surface area contributed by atoms with E-state index in [0.717, 1.165) is 29.2 Å². The van der Waals surface area contributed by atoms with Gasteiger partial charge in [-0.25, -0.2) is 0 Å². The largest absolute Gasteiger partial charge is 0.493 e. The Morgan fingerprint density at radius 1 is 1.20 bits per heavy atom. The molecule has 0 radical (unpaired) electrons. The molecule has 0 spiro atoms. The van der Waals surface area contributed by atoms with E-state index in [1.54, 1.807) is 0 Å². The number of rotatable bonds is 4. The highest BCUT2D eigenvalue weighted by atomic mass is 16.5. The van der Waals surface area contributed by atoms with E-state index in [2.05, 4.69) is 11.2 Å². The number of aromatic nitrogens is 1. The lowest BCUT2D eigenvalue weighted by Gasteiger charge is -2.14. The summed E-state index contributed by atoms with van der Waals surface area (Å²) < 4.78 is 11.4. The van der Waals surface area contributed by atoms with Crippen molar-refractivity contribution in [2.45, 2.75) is 44.4 Å². The second-order valence-electron chi connectivity index (χ2n) is 6.19. The standard InChI is InChI=1S/C16H20N2O2/c17-16-13-7-12(11-5-6-11)14(8-15(13)20-18-16)19-9-10-3-1-2-4-10/h7-8,10-11H,1-6,9H2,(H2,17,18). The van der Waals surface area contributed by atoms with Gasteiger partial charge in [-0.05, 0) is 49.1 Å². The molecular weight excluding hydrogens is 252 g/mol. The zero-order chi connectivity index (χ0) is 13.5. The Hall–Kier alpha value is -1.71. The van der Waals surface area contributed by atoms with Gasteiger partial charge >= 0.3 is 0 Å². The zero-order valence-corrected chi connectivity index (χ0v) is 11.6. The quantitative estimate of drug-likeness (QED) is 0.918. The van der Waals surface area contributed by atoms with Crippen LogP contribution in [0.15, 0.2) is 16.7 Å². The van der Waals surface area contributed by atoms with E-state index in [0.29, 0.717) is 11.7 Å². The Morgan fingerprint density at radius 3 is 2.75 bits per heavy atom. The van der Waals surface area contributed by atoms with E-state index in [1.165, 1.54) is 44.1 Å². The predicted octanol–water partition coefficient (Wildman–Crippen LogP) is 3.86. The molecule has 0 bridgehead atoms. The topological polar surface area (TPSA) is 61.3 Å². The Kier molecular flexibility index (Phi) is 2.83. The average Bonchev–Trinajstić information content (AvgIpc) is 3.05. The van der Waals surface area contributed by atoms with Gasteiger partial charge in [-0.1, -0.05) is 18.0 Å². The lowest BCUT2D eigenvalue weighted by atomic mass is 10.1. The van der Waals surface area contributed by atoms with Gasteiger partial charge in [0, 0.05) is 6.07 Å². The summed E-state index contributed by atoms with van der Waals surface area (Å²) in [7, 11) is 0. The first-order valence-corrected chi connectivity index (χ1v) is 7.63. The Bertz CT molecular complexity index is 625. The molecule has 0 atom stereocenters. The molecule has 0 saturated heterocycles. The molecule has 2 N–H and O–H groups in total. The van der Waals surface area contributed by atoms with Gasteiger partial charge in [-0.3, -0.25) is 0 Å². The van der Waals surface area contributed by atoms with Crippen LogP contribution in [-0.4, -0.2) is 11.8 Å². The summed E-state index contributed by atoms with van der Waals surface area (Å²) >= 11 is 0. The van der Waals surface area contributed by atoms with Crippen LogP contribution < -0.4 is 10.5 Å². The molecule has 2 aliphatic carbocycles. The smallest absolute Gasteiger partial charge is 0.174 e. The van der Waals surface area contributed by atoms with E-state index in [4.69, 9.17) is 15.0 Å². The van der Waals surface area contributed by atoms with Crippen LogP contribution in [-0.2, 0) is 0 Å². The summed E-state index contributed by atoms with van der Waals surface area (Å²) in [5, 5.41) is 4.76. The first kappa shape index (κ1) is 12.1. The minimum absolute atomic E-state index is 0.476. The number of anilines is 1. The van der Waals surface area contributed by atoms with Crippen molar-refractivity contribution in [2.75, 3.05) is 12.3 Å². The number of ether oxygens (including phenoxy) is 1. The third-order valence-electron chi connectivity index (χ3n) is 4.60. The van der Waals surface area contributed by atoms with Crippen LogP contribution in [0, 0.1) is 5.92 Å². The predicted molar refractivity (Wildman–Crippen MR) is 77.8 cm³/mol. The maximum Gasteiger partial charge on any atom is 0.174 e. The van der Waals surface area contributed by atoms with Gasteiger partial charge in [0.25, 0.3) is 0 Å². The van der Waals surface area contributed by atoms with E-state index in [-0.39, 0.29) is 0 Å². The summed E-state index contributed by atoms with van der Waals surface area (Å²) in [5.41, 5.74) is 7.86. The van der Waals surface area contributed by atoms with Gasteiger partial charge in [-0.2, -0.15) is 0 Å². The maximum atomic E-state index is 6.11. The summed E-state index contributed by atoms with van der Waals surface area (Å²) in [4.78, 5) is 0. The fraction of sp³-hybridized carbons (Fsp3) is 0.562. The third kappa shape index (κ3) is 2.13. The molecule has 1 aromatic heterocycles. The summed E-state index contributed by atoms with van der Waals surface area (Å²) in [5.74, 6) is 2.80. The molecule has 20 heavy (non-hydrogen) atoms. The molecule has 1 aromatic carbocycles. The maximum absolute atomic E-state index is 6.11. The number of nitrogens with zero attached hydrogens (tertiary/aromatic N) is 1. The van der Waals surface area contributed by atoms with Crippen LogP contribution >= 0.6 is 0 Å². The Morgan fingerprint density at radius 2 is 2.00 bits per heavy atom. The Balaban J connectivity index is 1.63. The van der Waals surface area contributed by atoms with E-state index >= 15 is 0 Å². The summed E-state index contributed by atoms with van der Waals surface area (Å²) in [6.07, 6.45) is 7.79. The second kappa shape index (κ2) is 4.69. The van der Waals surface area contributed by atoms with Crippen LogP contribution in [0.2, 0.25) is 0 Å². The van der Waals surface area contributed by atoms with Crippen LogP contribution in [0.25, 0.3) is 11.0 Å². The first-order valence-electron chi connectivity index (χ1n) is 7.63. The fourth-order valence-corrected chi connectivity index (χ4v) is 3.22. The van der Waals surface area contributed by atoms with E-state index in [9.17, 15) is 0 Å². The van der Waals surface area contributed by atoms with Crippen molar-refractivity contribution in [2.24, 2.45) is 5.92 Å². The van der Waals surface area contributed by atoms with Gasteiger partial charge in [0.15, 0.2) is 11.4 Å². The molecule has 2 aromatic rings. The van der Waals surface area contributed by atoms with Gasteiger partial charge in [0.2, 0.25) is 0 Å². The summed E-state index contributed by atoms with van der Waals surface area (Å²) in [6, 6.07) is 4.09. The second-order valence-corrected chi connectivity index (χ2v) is 6.19. The normalized spacial score (nSPS) is 19.8. The molecule has 0 unspecified atom stereocenters. The van der Waals surface area contributed by atoms with Crippen LogP contribution in [0.5, 0.6) is 5.75 Å². The van der Waals surface area contributed by atoms with Crippen molar-refractivity contribution in [1.29, 1.82) is 0 Å². The van der Waals surface area contributed by atoms with Gasteiger partial charge < -0.3 is 15.0 Å². The molecule has 106 valence electrons. The van der Waals surface area contributed by atoms with Crippen LogP contribution in [0.1, 0.15) is 50.0 Å². The molecule has 0 aliphatic heterocycles. The van der Waals surface area contributed by atoms with Crippen molar-refractivity contribution in [1.82, 2.24) is 5.16 Å². The summed E-state index contributed by atoms with van der Waals surface area (Å²) in [6.45, 7) is 0.828. The van der Waals surface area contributed by atoms with Crippen molar-refractivity contribution in [3.05, 3.63) is 17.7 Å². The molecule has 0 amide bonds. The fourth-order valence-electron chi connectivity index (χ4n) is 3.22. The number of hydrogen-bond donors (Lipinski definition) is 1. The lowest BCUT2D eigenvalue weighted by molar-refractivity contribution is 0.250. The first-order chi connectivity index (χ1) is 9.81. The zero-order valence-electron chi connectivity index (χ0n) is 11.6. The number of nitrogens with two attached hydrogens (primary N) is 1. The van der Waals surface area contributed by atoms with Crippen molar-refractivity contribution in [3.63, 3.8) is 0 Å². The van der Waals surface area contributed by atoms with E-state index in [1.807, 2.05) is 6.07 Å². The van der Waals surface area contributed by atoms with Gasteiger partial charge in [-0.15, -0.1) is 0 Å². The number of benzene rings is 1. The molecule has 2 fully saturated rings. The molecule has 1 heterocycles. The SMILES string of the molecule is Nc1noc2cc(OCC3CCCC3)c(C3CC3)cc12. The lowest BCUT2D eigenvalue weighted by Crippen LogP contribution is -2.09. The molecule has 2 aliphatic rings. The van der Waals surface area contributed by atoms with Crippen molar-refractivity contribution in [3.8, 4) is 5.75 Å². The number of hydrogen-bond acceptors (Lipinski definition) is 4. The third-order valence-corrected chi connectivity index (χ3v) is 4.60. The van der Waals surface area contributed by atoms with Gasteiger partial charge in [0.05, 0.1) is 12.0 Å². The number of nitrogen functional groups attached to an aromatic ring is 1. The van der Waals surface area contributed by atoms with Crippen LogP contribution in [0.4, 0.5) is 5.82 Å². The molecule has 2 saturated carbocycles. The number of fused-ring (bicyclic) bond motifs is 1. The molecule has 4 rings (SSSR count). The molecule has 4 heteroatoms. The highest BCUT2D eigenvalue weighted by Gasteiger charge is 2.28. The minimum atomic E-state index is 0.476. The van der Waals surface area contributed by atoms with Gasteiger partial charge in [0.1, 0.15) is 5.75 Å². The van der Waals surface area contributed by atoms with Crippen molar-refractivity contribution < 1.29 is 9.26 Å². The highest BCUT2D eigenvalue weighted by Crippen LogP contribution is 2.46. The molecule has 4 nitrogen and oxygen atoms in total. The highest BCUT2D eigenvalue weighted by molar-refractivity contribution is 5.89. The van der Waals surface area contributed by atoms with Crippen LogP contribution in [0.3, 0.4) is 0 Å². The Labute approximate surface area is 118 Å². The van der Waals surface area contributed by atoms with Crippen molar-refractivity contribution >= 4 is 16.8 Å².